The number of carbonyl (C=O) groups is 2. The van der Waals surface area contributed by atoms with E-state index in [-0.39, 0.29) is 17.9 Å². The number of nitrogens with one attached hydrogen (secondary N) is 3. The first-order valence-electron chi connectivity index (χ1n) is 13.1. The molecule has 0 aliphatic rings. The van der Waals surface area contributed by atoms with Gasteiger partial charge in [-0.1, -0.05) is 75.8 Å². The number of unbranched alkanes of at least 4 members (excludes halogenated alkanes) is 13. The Morgan fingerprint density at radius 2 is 1.42 bits per heavy atom. The summed E-state index contributed by atoms with van der Waals surface area (Å²) >= 11 is 0. The van der Waals surface area contributed by atoms with Crippen molar-refractivity contribution in [1.29, 1.82) is 0 Å². The number of likely N-dealkylation sites (N-methyl/N-ethyl adjacent to an activating group) is 1. The van der Waals surface area contributed by atoms with Crippen LogP contribution in [-0.2, 0) is 16.0 Å². The van der Waals surface area contributed by atoms with Gasteiger partial charge in [0.15, 0.2) is 5.82 Å². The Hall–Kier alpha value is -2.03. The molecule has 1 aromatic rings. The lowest BCUT2D eigenvalue weighted by molar-refractivity contribution is -0.121. The first kappa shape index (κ1) is 29.0. The van der Waals surface area contributed by atoms with E-state index in [9.17, 15) is 9.59 Å². The van der Waals surface area contributed by atoms with Crippen molar-refractivity contribution < 1.29 is 9.59 Å². The predicted molar refractivity (Wildman–Crippen MR) is 131 cm³/mol. The van der Waals surface area contributed by atoms with Gasteiger partial charge in [0, 0.05) is 19.4 Å². The van der Waals surface area contributed by atoms with Crippen LogP contribution < -0.4 is 16.4 Å². The zero-order valence-corrected chi connectivity index (χ0v) is 20.7. The Bertz CT molecular complexity index is 596. The van der Waals surface area contributed by atoms with E-state index in [0.29, 0.717) is 19.4 Å². The molecule has 0 fully saturated rings. The van der Waals surface area contributed by atoms with Crippen LogP contribution in [0.1, 0.15) is 115 Å². The highest BCUT2D eigenvalue weighted by atomic mass is 16.2. The first-order chi connectivity index (χ1) is 16.1. The van der Waals surface area contributed by atoms with Gasteiger partial charge in [-0.15, -0.1) is 10.2 Å². The number of amides is 2. The summed E-state index contributed by atoms with van der Waals surface area (Å²) in [4.78, 5) is 23.0. The Morgan fingerprint density at radius 1 is 0.848 bits per heavy atom. The molecule has 1 heterocycles. The van der Waals surface area contributed by atoms with Gasteiger partial charge in [0.1, 0.15) is 0 Å². The van der Waals surface area contributed by atoms with Crippen LogP contribution in [0.15, 0.2) is 0 Å². The van der Waals surface area contributed by atoms with Gasteiger partial charge < -0.3 is 16.4 Å². The zero-order chi connectivity index (χ0) is 24.0. The third kappa shape index (κ3) is 17.2. The molecule has 9 nitrogen and oxygen atoms in total. The van der Waals surface area contributed by atoms with Crippen LogP contribution in [0.25, 0.3) is 0 Å². The van der Waals surface area contributed by atoms with Gasteiger partial charge in [0.25, 0.3) is 0 Å². The number of aromatic amines is 1. The lowest BCUT2D eigenvalue weighted by Crippen LogP contribution is -2.39. The maximum absolute atomic E-state index is 11.9. The maximum Gasteiger partial charge on any atom is 0.234 e. The van der Waals surface area contributed by atoms with Gasteiger partial charge in [-0.2, -0.15) is 5.21 Å². The summed E-state index contributed by atoms with van der Waals surface area (Å²) < 4.78 is 0. The molecule has 0 spiro atoms. The number of hydrogen-bond donors (Lipinski definition) is 4. The molecular formula is C24H47N7O2. The summed E-state index contributed by atoms with van der Waals surface area (Å²) in [6, 6.07) is -0.272. The van der Waals surface area contributed by atoms with Crippen LogP contribution >= 0.6 is 0 Å². The Labute approximate surface area is 199 Å². The number of nitrogens with zero attached hydrogens (tertiary/aromatic N) is 3. The SMILES string of the molecule is CN[C@@H](CCCCNC(=O)CCCCCCCCCCCCCCCc1nn[nH]n1)C(N)=O. The Balaban J connectivity index is 1.75. The van der Waals surface area contributed by atoms with E-state index in [1.807, 2.05) is 0 Å². The van der Waals surface area contributed by atoms with Crippen LogP contribution in [0.5, 0.6) is 0 Å². The molecule has 1 atom stereocenters. The number of primary amides is 1. The molecule has 2 amide bonds. The molecule has 190 valence electrons. The highest BCUT2D eigenvalue weighted by molar-refractivity contribution is 5.79. The molecule has 0 bridgehead atoms. The predicted octanol–water partition coefficient (Wildman–Crippen LogP) is 3.56. The van der Waals surface area contributed by atoms with E-state index >= 15 is 0 Å². The number of H-pyrrole nitrogens is 1. The quantitative estimate of drug-likeness (QED) is 0.182. The van der Waals surface area contributed by atoms with E-state index in [4.69, 9.17) is 5.73 Å². The molecule has 1 rings (SSSR count). The summed E-state index contributed by atoms with van der Waals surface area (Å²) in [6.07, 6.45) is 20.4. The van der Waals surface area contributed by atoms with Crippen molar-refractivity contribution in [3.05, 3.63) is 5.82 Å². The van der Waals surface area contributed by atoms with Gasteiger partial charge in [-0.25, -0.2) is 0 Å². The van der Waals surface area contributed by atoms with Gasteiger partial charge in [-0.05, 0) is 39.2 Å². The van der Waals surface area contributed by atoms with Crippen LogP contribution in [-0.4, -0.2) is 52.1 Å². The Kier molecular flexibility index (Phi) is 18.1. The number of rotatable bonds is 23. The van der Waals surface area contributed by atoms with Crippen LogP contribution in [0.3, 0.4) is 0 Å². The topological polar surface area (TPSA) is 139 Å². The lowest BCUT2D eigenvalue weighted by atomic mass is 10.0. The third-order valence-corrected chi connectivity index (χ3v) is 6.13. The molecule has 9 heteroatoms. The first-order valence-corrected chi connectivity index (χ1v) is 13.1. The zero-order valence-electron chi connectivity index (χ0n) is 20.7. The van der Waals surface area contributed by atoms with Crippen molar-refractivity contribution in [2.24, 2.45) is 5.73 Å². The molecule has 1 aromatic heterocycles. The van der Waals surface area contributed by atoms with E-state index in [0.717, 1.165) is 44.3 Å². The number of nitrogens with two attached hydrogens (primary N) is 1. The largest absolute Gasteiger partial charge is 0.368 e. The van der Waals surface area contributed by atoms with E-state index < -0.39 is 0 Å². The molecule has 0 saturated heterocycles. The average Bonchev–Trinajstić information content (AvgIpc) is 3.32. The van der Waals surface area contributed by atoms with Gasteiger partial charge in [-0.3, -0.25) is 9.59 Å². The second kappa shape index (κ2) is 20.6. The maximum atomic E-state index is 11.9. The normalized spacial score (nSPS) is 12.0. The monoisotopic (exact) mass is 465 g/mol. The van der Waals surface area contributed by atoms with Crippen LogP contribution in [0.2, 0.25) is 0 Å². The fraction of sp³-hybridized carbons (Fsp3) is 0.875. The minimum atomic E-state index is -0.318. The van der Waals surface area contributed by atoms with Gasteiger partial charge in [0.2, 0.25) is 11.8 Å². The standard InChI is InChI=1S/C24H47N7O2/c1-26-21(24(25)33)17-15-16-20-27-23(32)19-14-12-10-8-6-4-2-3-5-7-9-11-13-18-22-28-30-31-29-22/h21,26H,2-20H2,1H3,(H2,25,33)(H,27,32)(H,28,29,30,31)/t21-/m0/s1. The van der Waals surface area contributed by atoms with E-state index in [1.54, 1.807) is 7.05 Å². The lowest BCUT2D eigenvalue weighted by Gasteiger charge is -2.11. The summed E-state index contributed by atoms with van der Waals surface area (Å²) in [6.45, 7) is 0.675. The molecule has 5 N–H and O–H groups in total. The second-order valence-corrected chi connectivity index (χ2v) is 9.01. The second-order valence-electron chi connectivity index (χ2n) is 9.01. The van der Waals surface area contributed by atoms with Crippen LogP contribution in [0, 0.1) is 0 Å². The van der Waals surface area contributed by atoms with Crippen molar-refractivity contribution >= 4 is 11.8 Å². The summed E-state index contributed by atoms with van der Waals surface area (Å²) in [5.74, 6) is 0.651. The highest BCUT2D eigenvalue weighted by Gasteiger charge is 2.11. The number of tetrazole rings is 1. The fourth-order valence-electron chi connectivity index (χ4n) is 4.02. The van der Waals surface area contributed by atoms with Crippen LogP contribution in [0.4, 0.5) is 0 Å². The number of hydrogen-bond acceptors (Lipinski definition) is 6. The van der Waals surface area contributed by atoms with Crippen molar-refractivity contribution in [2.75, 3.05) is 13.6 Å². The highest BCUT2D eigenvalue weighted by Crippen LogP contribution is 2.13. The molecule has 33 heavy (non-hydrogen) atoms. The minimum Gasteiger partial charge on any atom is -0.368 e. The Morgan fingerprint density at radius 3 is 1.94 bits per heavy atom. The number of aryl methyl sites for hydroxylation is 1. The molecule has 0 aromatic carbocycles. The van der Waals surface area contributed by atoms with Crippen molar-refractivity contribution in [1.82, 2.24) is 31.3 Å². The van der Waals surface area contributed by atoms with E-state index in [2.05, 4.69) is 31.3 Å². The van der Waals surface area contributed by atoms with Crippen molar-refractivity contribution in [3.8, 4) is 0 Å². The summed E-state index contributed by atoms with van der Waals surface area (Å²) in [5, 5.41) is 19.9. The minimum absolute atomic E-state index is 0.143. The summed E-state index contributed by atoms with van der Waals surface area (Å²) in [5.41, 5.74) is 5.29. The number of aromatic nitrogens is 4. The molecule has 0 saturated carbocycles. The number of carbonyl (C=O) groups excluding carboxylic acids is 2. The molecule has 0 radical (unpaired) electrons. The van der Waals surface area contributed by atoms with Crippen molar-refractivity contribution in [3.63, 3.8) is 0 Å². The average molecular weight is 466 g/mol. The third-order valence-electron chi connectivity index (χ3n) is 6.13. The molecule has 0 aliphatic carbocycles. The van der Waals surface area contributed by atoms with Gasteiger partial charge in [0.05, 0.1) is 6.04 Å². The van der Waals surface area contributed by atoms with E-state index in [1.165, 1.54) is 64.2 Å². The van der Waals surface area contributed by atoms with Gasteiger partial charge >= 0.3 is 0 Å². The molecule has 0 aliphatic heterocycles. The summed E-state index contributed by atoms with van der Waals surface area (Å²) in [7, 11) is 1.74. The van der Waals surface area contributed by atoms with Crippen molar-refractivity contribution in [2.45, 2.75) is 122 Å². The molecular weight excluding hydrogens is 418 g/mol. The smallest absolute Gasteiger partial charge is 0.234 e. The fourth-order valence-corrected chi connectivity index (χ4v) is 4.02. The molecule has 0 unspecified atom stereocenters.